The van der Waals surface area contributed by atoms with E-state index in [2.05, 4.69) is 5.32 Å². The summed E-state index contributed by atoms with van der Waals surface area (Å²) in [5.41, 5.74) is 0.835. The van der Waals surface area contributed by atoms with Crippen LogP contribution in [0.2, 0.25) is 0 Å². The lowest BCUT2D eigenvalue weighted by atomic mass is 10.1. The minimum atomic E-state index is -1.15. The summed E-state index contributed by atoms with van der Waals surface area (Å²) in [6.45, 7) is 2.78. The zero-order chi connectivity index (χ0) is 15.3. The van der Waals surface area contributed by atoms with Gasteiger partial charge in [0.25, 0.3) is 5.91 Å². The van der Waals surface area contributed by atoms with Gasteiger partial charge in [-0.05, 0) is 26.0 Å². The Hall–Kier alpha value is -2.81. The number of benzene rings is 1. The van der Waals surface area contributed by atoms with E-state index in [1.54, 1.807) is 0 Å². The molecule has 0 spiro atoms. The van der Waals surface area contributed by atoms with Crippen molar-refractivity contribution in [3.63, 3.8) is 0 Å². The third-order valence-electron chi connectivity index (χ3n) is 2.80. The lowest BCUT2D eigenvalue weighted by Gasteiger charge is -2.11. The largest absolute Gasteiger partial charge is 0.495 e. The van der Waals surface area contributed by atoms with Crippen molar-refractivity contribution >= 4 is 17.6 Å². The summed E-state index contributed by atoms with van der Waals surface area (Å²) in [6, 6.07) is 6.50. The van der Waals surface area contributed by atoms with Crippen LogP contribution in [0, 0.1) is 11.3 Å². The molecule has 104 valence electrons. The Kier molecular flexibility index (Phi) is 4.87. The van der Waals surface area contributed by atoms with E-state index in [0.29, 0.717) is 17.0 Å². The molecule has 0 atom stereocenters. The Balaban J connectivity index is 3.06. The van der Waals surface area contributed by atoms with E-state index >= 15 is 0 Å². The topological polar surface area (TPSA) is 99.4 Å². The van der Waals surface area contributed by atoms with E-state index in [0.717, 1.165) is 0 Å². The number of nitrogens with zero attached hydrogens (tertiary/aromatic N) is 1. The van der Waals surface area contributed by atoms with Crippen molar-refractivity contribution in [3.05, 3.63) is 34.9 Å². The van der Waals surface area contributed by atoms with Crippen LogP contribution in [0.15, 0.2) is 29.3 Å². The molecule has 0 aromatic heterocycles. The summed E-state index contributed by atoms with van der Waals surface area (Å²) in [6.07, 6.45) is 0. The first-order valence-corrected chi connectivity index (χ1v) is 5.71. The van der Waals surface area contributed by atoms with Gasteiger partial charge >= 0.3 is 5.97 Å². The van der Waals surface area contributed by atoms with Gasteiger partial charge in [0, 0.05) is 17.2 Å². The van der Waals surface area contributed by atoms with Gasteiger partial charge in [-0.3, -0.25) is 4.79 Å². The predicted octanol–water partition coefficient (Wildman–Crippen LogP) is 1.93. The average molecular weight is 274 g/mol. The van der Waals surface area contributed by atoms with Crippen LogP contribution in [0.4, 0.5) is 5.69 Å². The number of methoxy groups -OCH3 is 1. The molecule has 0 aliphatic heterocycles. The van der Waals surface area contributed by atoms with Gasteiger partial charge in [0.15, 0.2) is 0 Å². The smallest absolute Gasteiger partial charge is 0.331 e. The van der Waals surface area contributed by atoms with Crippen molar-refractivity contribution in [1.82, 2.24) is 0 Å². The summed E-state index contributed by atoms with van der Waals surface area (Å²) in [5, 5.41) is 20.2. The Morgan fingerprint density at radius 2 is 1.95 bits per heavy atom. The second-order valence-electron chi connectivity index (χ2n) is 4.04. The highest BCUT2D eigenvalue weighted by atomic mass is 16.5. The fourth-order valence-corrected chi connectivity index (χ4v) is 1.41. The molecule has 1 rings (SSSR count). The number of carbonyl (C=O) groups is 2. The first-order valence-electron chi connectivity index (χ1n) is 5.71. The number of rotatable bonds is 4. The van der Waals surface area contributed by atoms with Crippen LogP contribution in [0.1, 0.15) is 19.4 Å². The van der Waals surface area contributed by atoms with Crippen LogP contribution in [0.3, 0.4) is 0 Å². The molecule has 0 fully saturated rings. The molecular formula is C14H14N2O4. The molecule has 0 unspecified atom stereocenters. The third-order valence-corrected chi connectivity index (χ3v) is 2.80. The Bertz CT molecular complexity index is 627. The fourth-order valence-electron chi connectivity index (χ4n) is 1.41. The van der Waals surface area contributed by atoms with E-state index in [9.17, 15) is 9.59 Å². The maximum Gasteiger partial charge on any atom is 0.331 e. The van der Waals surface area contributed by atoms with Crippen molar-refractivity contribution in [2.24, 2.45) is 0 Å². The molecule has 0 saturated heterocycles. The van der Waals surface area contributed by atoms with Crippen LogP contribution in [-0.4, -0.2) is 24.1 Å². The summed E-state index contributed by atoms with van der Waals surface area (Å²) >= 11 is 0. The Morgan fingerprint density at radius 1 is 1.30 bits per heavy atom. The fraction of sp³-hybridized carbons (Fsp3) is 0.214. The number of carboxylic acid groups (broad SMARTS) is 1. The number of anilines is 1. The van der Waals surface area contributed by atoms with E-state index in [4.69, 9.17) is 15.1 Å². The number of hydrogen-bond donors (Lipinski definition) is 2. The summed E-state index contributed by atoms with van der Waals surface area (Å²) < 4.78 is 5.08. The first kappa shape index (κ1) is 15.2. The van der Waals surface area contributed by atoms with E-state index < -0.39 is 11.9 Å². The zero-order valence-electron chi connectivity index (χ0n) is 11.4. The van der Waals surface area contributed by atoms with Crippen molar-refractivity contribution in [3.8, 4) is 11.8 Å². The minimum Gasteiger partial charge on any atom is -0.495 e. The molecule has 0 bridgehead atoms. The highest BCUT2D eigenvalue weighted by molar-refractivity contribution is 6.08. The van der Waals surface area contributed by atoms with Crippen LogP contribution >= 0.6 is 0 Å². The number of aliphatic carboxylic acids is 1. The van der Waals surface area contributed by atoms with Gasteiger partial charge in [-0.1, -0.05) is 0 Å². The minimum absolute atomic E-state index is 0.0323. The Labute approximate surface area is 116 Å². The molecule has 6 nitrogen and oxygen atoms in total. The molecule has 6 heteroatoms. The molecule has 0 radical (unpaired) electrons. The van der Waals surface area contributed by atoms with Gasteiger partial charge < -0.3 is 15.2 Å². The zero-order valence-corrected chi connectivity index (χ0v) is 11.4. The lowest BCUT2D eigenvalue weighted by molar-refractivity contribution is -0.133. The van der Waals surface area contributed by atoms with Crippen molar-refractivity contribution in [1.29, 1.82) is 5.26 Å². The SMILES string of the molecule is COc1cc(C#N)ccc1NC(=O)/C(C)=C(/C)C(=O)O. The van der Waals surface area contributed by atoms with E-state index in [1.807, 2.05) is 6.07 Å². The predicted molar refractivity (Wildman–Crippen MR) is 72.3 cm³/mol. The third kappa shape index (κ3) is 3.36. The van der Waals surface area contributed by atoms with Crippen molar-refractivity contribution in [2.75, 3.05) is 12.4 Å². The molecule has 20 heavy (non-hydrogen) atoms. The second kappa shape index (κ2) is 6.38. The lowest BCUT2D eigenvalue weighted by Crippen LogP contribution is -2.16. The molecule has 1 amide bonds. The van der Waals surface area contributed by atoms with Gasteiger partial charge in [0.05, 0.1) is 24.4 Å². The van der Waals surface area contributed by atoms with Gasteiger partial charge in [-0.15, -0.1) is 0 Å². The molecule has 0 heterocycles. The maximum atomic E-state index is 11.9. The van der Waals surface area contributed by atoms with Crippen LogP contribution in [0.5, 0.6) is 5.75 Å². The van der Waals surface area contributed by atoms with Gasteiger partial charge in [0.2, 0.25) is 0 Å². The van der Waals surface area contributed by atoms with Gasteiger partial charge in [-0.2, -0.15) is 5.26 Å². The number of nitrogens with one attached hydrogen (secondary N) is 1. The highest BCUT2D eigenvalue weighted by Crippen LogP contribution is 2.26. The summed E-state index contributed by atoms with van der Waals surface area (Å²) in [4.78, 5) is 22.7. The van der Waals surface area contributed by atoms with Crippen LogP contribution in [0.25, 0.3) is 0 Å². The van der Waals surface area contributed by atoms with Gasteiger partial charge in [0.1, 0.15) is 5.75 Å². The van der Waals surface area contributed by atoms with Gasteiger partial charge in [-0.25, -0.2) is 4.79 Å². The normalized spacial score (nSPS) is 11.1. The number of amides is 1. The molecule has 0 saturated carbocycles. The Morgan fingerprint density at radius 3 is 2.45 bits per heavy atom. The van der Waals surface area contributed by atoms with Crippen molar-refractivity contribution < 1.29 is 19.4 Å². The highest BCUT2D eigenvalue weighted by Gasteiger charge is 2.14. The number of carbonyl (C=O) groups excluding carboxylic acids is 1. The molecule has 0 aliphatic carbocycles. The van der Waals surface area contributed by atoms with Crippen LogP contribution in [-0.2, 0) is 9.59 Å². The standard InChI is InChI=1S/C14H14N2O4/c1-8(9(2)14(18)19)13(17)16-11-5-4-10(7-15)6-12(11)20-3/h4-6H,1-3H3,(H,16,17)(H,18,19)/b9-8-. The maximum absolute atomic E-state index is 11.9. The molecule has 1 aromatic rings. The molecule has 1 aromatic carbocycles. The van der Waals surface area contributed by atoms with E-state index in [-0.39, 0.29) is 11.1 Å². The monoisotopic (exact) mass is 274 g/mol. The van der Waals surface area contributed by atoms with Crippen molar-refractivity contribution in [2.45, 2.75) is 13.8 Å². The number of carboxylic acids is 1. The summed E-state index contributed by atoms with van der Waals surface area (Å²) in [7, 11) is 1.41. The average Bonchev–Trinajstić information content (AvgIpc) is 2.45. The number of hydrogen-bond acceptors (Lipinski definition) is 4. The quantitative estimate of drug-likeness (QED) is 0.817. The molecule has 0 aliphatic rings. The first-order chi connectivity index (χ1) is 9.40. The molecular weight excluding hydrogens is 260 g/mol. The summed E-state index contributed by atoms with van der Waals surface area (Å²) in [5.74, 6) is -1.35. The van der Waals surface area contributed by atoms with Crippen LogP contribution < -0.4 is 10.1 Å². The second-order valence-corrected chi connectivity index (χ2v) is 4.04. The number of nitriles is 1. The number of ether oxygens (including phenoxy) is 1. The molecule has 2 N–H and O–H groups in total. The van der Waals surface area contributed by atoms with E-state index in [1.165, 1.54) is 39.2 Å².